The number of ether oxygens (including phenoxy) is 1. The van der Waals surface area contributed by atoms with Crippen molar-refractivity contribution in [3.05, 3.63) is 48.5 Å². The Balaban J connectivity index is 1.63. The molecule has 0 saturated carbocycles. The molecule has 3 heteroatoms. The highest BCUT2D eigenvalue weighted by molar-refractivity contribution is 5.73. The number of nitrogens with zero attached hydrogens (tertiary/aromatic N) is 1. The quantitative estimate of drug-likeness (QED) is 0.942. The fraction of sp³-hybridized carbons (Fsp3) is 0.368. The molecule has 2 aliphatic rings. The smallest absolute Gasteiger partial charge is 0.128 e. The third-order valence-corrected chi connectivity index (χ3v) is 5.02. The van der Waals surface area contributed by atoms with Gasteiger partial charge in [0.2, 0.25) is 0 Å². The summed E-state index contributed by atoms with van der Waals surface area (Å²) >= 11 is 0. The SMILES string of the molecule is COc1cc(N2CC3CNCC3C2)ccc1-c1ccccc1. The fourth-order valence-corrected chi connectivity index (χ4v) is 3.80. The number of benzene rings is 2. The highest BCUT2D eigenvalue weighted by atomic mass is 16.5. The Hall–Kier alpha value is -2.00. The van der Waals surface area contributed by atoms with Gasteiger partial charge in [0.15, 0.2) is 0 Å². The van der Waals surface area contributed by atoms with E-state index in [9.17, 15) is 0 Å². The molecular formula is C19H22N2O. The number of fused-ring (bicyclic) bond motifs is 1. The third kappa shape index (κ3) is 2.35. The van der Waals surface area contributed by atoms with Gasteiger partial charge in [0.25, 0.3) is 0 Å². The van der Waals surface area contributed by atoms with Crippen molar-refractivity contribution >= 4 is 5.69 Å². The van der Waals surface area contributed by atoms with Crippen LogP contribution in [0.1, 0.15) is 0 Å². The monoisotopic (exact) mass is 294 g/mol. The van der Waals surface area contributed by atoms with Gasteiger partial charge in [-0.3, -0.25) is 0 Å². The molecule has 0 bridgehead atoms. The van der Waals surface area contributed by atoms with E-state index < -0.39 is 0 Å². The first-order chi connectivity index (χ1) is 10.8. The highest BCUT2D eigenvalue weighted by Gasteiger charge is 2.36. The molecule has 0 aliphatic carbocycles. The highest BCUT2D eigenvalue weighted by Crippen LogP contribution is 2.36. The molecule has 3 nitrogen and oxygen atoms in total. The van der Waals surface area contributed by atoms with Gasteiger partial charge in [-0.1, -0.05) is 30.3 Å². The summed E-state index contributed by atoms with van der Waals surface area (Å²) in [6.07, 6.45) is 0. The van der Waals surface area contributed by atoms with E-state index in [1.807, 2.05) is 6.07 Å². The molecule has 114 valence electrons. The van der Waals surface area contributed by atoms with Gasteiger partial charge in [0.1, 0.15) is 5.75 Å². The van der Waals surface area contributed by atoms with Gasteiger partial charge in [0.05, 0.1) is 7.11 Å². The lowest BCUT2D eigenvalue weighted by Gasteiger charge is -2.21. The Morgan fingerprint density at radius 2 is 1.73 bits per heavy atom. The van der Waals surface area contributed by atoms with Crippen LogP contribution in [0, 0.1) is 11.8 Å². The first kappa shape index (κ1) is 13.6. The number of rotatable bonds is 3. The molecule has 0 spiro atoms. The minimum Gasteiger partial charge on any atom is -0.496 e. The van der Waals surface area contributed by atoms with Crippen molar-refractivity contribution in [3.8, 4) is 16.9 Å². The van der Waals surface area contributed by atoms with E-state index in [-0.39, 0.29) is 0 Å². The molecule has 2 fully saturated rings. The zero-order valence-corrected chi connectivity index (χ0v) is 13.0. The van der Waals surface area contributed by atoms with Crippen molar-refractivity contribution in [1.82, 2.24) is 5.32 Å². The molecule has 2 atom stereocenters. The normalized spacial score (nSPS) is 23.6. The predicted octanol–water partition coefficient (Wildman–Crippen LogP) is 3.02. The lowest BCUT2D eigenvalue weighted by atomic mass is 10.0. The zero-order chi connectivity index (χ0) is 14.9. The minimum absolute atomic E-state index is 0.805. The number of hydrogen-bond acceptors (Lipinski definition) is 3. The first-order valence-electron chi connectivity index (χ1n) is 8.04. The van der Waals surface area contributed by atoms with Crippen LogP contribution in [0.15, 0.2) is 48.5 Å². The molecule has 2 aliphatic heterocycles. The van der Waals surface area contributed by atoms with Gasteiger partial charge < -0.3 is 15.0 Å². The molecule has 0 radical (unpaired) electrons. The van der Waals surface area contributed by atoms with Crippen LogP contribution in [0.5, 0.6) is 5.75 Å². The molecule has 2 unspecified atom stereocenters. The summed E-state index contributed by atoms with van der Waals surface area (Å²) in [5.74, 6) is 2.57. The molecule has 0 amide bonds. The van der Waals surface area contributed by atoms with E-state index in [4.69, 9.17) is 4.74 Å². The van der Waals surface area contributed by atoms with Gasteiger partial charge in [-0.05, 0) is 29.5 Å². The van der Waals surface area contributed by atoms with Crippen molar-refractivity contribution in [2.45, 2.75) is 0 Å². The third-order valence-electron chi connectivity index (χ3n) is 5.02. The van der Waals surface area contributed by atoms with Crippen LogP contribution < -0.4 is 15.0 Å². The number of methoxy groups -OCH3 is 1. The van der Waals surface area contributed by atoms with E-state index in [1.54, 1.807) is 7.11 Å². The van der Waals surface area contributed by atoms with Crippen molar-refractivity contribution in [3.63, 3.8) is 0 Å². The van der Waals surface area contributed by atoms with E-state index >= 15 is 0 Å². The molecule has 4 rings (SSSR count). The summed E-state index contributed by atoms with van der Waals surface area (Å²) in [4.78, 5) is 2.51. The lowest BCUT2D eigenvalue weighted by Crippen LogP contribution is -2.25. The number of nitrogens with one attached hydrogen (secondary N) is 1. The molecular weight excluding hydrogens is 272 g/mol. The van der Waals surface area contributed by atoms with Crippen LogP contribution in [-0.4, -0.2) is 33.3 Å². The average molecular weight is 294 g/mol. The van der Waals surface area contributed by atoms with E-state index in [0.717, 1.165) is 36.2 Å². The number of hydrogen-bond donors (Lipinski definition) is 1. The molecule has 0 aromatic heterocycles. The van der Waals surface area contributed by atoms with Crippen LogP contribution in [0.3, 0.4) is 0 Å². The van der Waals surface area contributed by atoms with Gasteiger partial charge in [-0.15, -0.1) is 0 Å². The predicted molar refractivity (Wildman–Crippen MR) is 90.5 cm³/mol. The average Bonchev–Trinajstić information content (AvgIpc) is 3.17. The van der Waals surface area contributed by atoms with Gasteiger partial charge in [-0.25, -0.2) is 0 Å². The Morgan fingerprint density at radius 1 is 1.00 bits per heavy atom. The maximum absolute atomic E-state index is 5.65. The second-order valence-corrected chi connectivity index (χ2v) is 6.33. The Labute approximate surface area is 131 Å². The van der Waals surface area contributed by atoms with Gasteiger partial charge in [-0.2, -0.15) is 0 Å². The largest absolute Gasteiger partial charge is 0.496 e. The van der Waals surface area contributed by atoms with Crippen LogP contribution in [0.2, 0.25) is 0 Å². The molecule has 2 saturated heterocycles. The Morgan fingerprint density at radius 3 is 2.41 bits per heavy atom. The van der Waals surface area contributed by atoms with Crippen molar-refractivity contribution < 1.29 is 4.74 Å². The van der Waals surface area contributed by atoms with E-state index in [0.29, 0.717) is 0 Å². The zero-order valence-electron chi connectivity index (χ0n) is 13.0. The molecule has 2 heterocycles. The van der Waals surface area contributed by atoms with E-state index in [2.05, 4.69) is 52.7 Å². The Bertz CT molecular complexity index is 644. The summed E-state index contributed by atoms with van der Waals surface area (Å²) < 4.78 is 5.65. The summed E-state index contributed by atoms with van der Waals surface area (Å²) in [5.41, 5.74) is 3.65. The van der Waals surface area contributed by atoms with E-state index in [1.165, 1.54) is 24.3 Å². The first-order valence-corrected chi connectivity index (χ1v) is 8.04. The van der Waals surface area contributed by atoms with Crippen molar-refractivity contribution in [1.29, 1.82) is 0 Å². The minimum atomic E-state index is 0.805. The maximum atomic E-state index is 5.65. The number of anilines is 1. The molecule has 22 heavy (non-hydrogen) atoms. The van der Waals surface area contributed by atoms with Crippen LogP contribution in [-0.2, 0) is 0 Å². The summed E-state index contributed by atoms with van der Waals surface area (Å²) in [6.45, 7) is 4.65. The summed E-state index contributed by atoms with van der Waals surface area (Å²) in [6, 6.07) is 17.1. The summed E-state index contributed by atoms with van der Waals surface area (Å²) in [7, 11) is 1.76. The van der Waals surface area contributed by atoms with Crippen LogP contribution >= 0.6 is 0 Å². The molecule has 2 aromatic carbocycles. The molecule has 2 aromatic rings. The molecule has 1 N–H and O–H groups in total. The van der Waals surface area contributed by atoms with Crippen molar-refractivity contribution in [2.24, 2.45) is 11.8 Å². The van der Waals surface area contributed by atoms with Gasteiger partial charge >= 0.3 is 0 Å². The lowest BCUT2D eigenvalue weighted by molar-refractivity contribution is 0.416. The van der Waals surface area contributed by atoms with Crippen molar-refractivity contribution in [2.75, 3.05) is 38.2 Å². The Kier molecular flexibility index (Phi) is 3.51. The van der Waals surface area contributed by atoms with Crippen LogP contribution in [0.4, 0.5) is 5.69 Å². The van der Waals surface area contributed by atoms with Crippen LogP contribution in [0.25, 0.3) is 11.1 Å². The van der Waals surface area contributed by atoms with Gasteiger partial charge in [0, 0.05) is 43.5 Å². The maximum Gasteiger partial charge on any atom is 0.128 e. The second-order valence-electron chi connectivity index (χ2n) is 6.33. The fourth-order valence-electron chi connectivity index (χ4n) is 3.80. The summed E-state index contributed by atoms with van der Waals surface area (Å²) in [5, 5.41) is 3.50. The topological polar surface area (TPSA) is 24.5 Å². The second kappa shape index (κ2) is 5.65. The standard InChI is InChI=1S/C19H22N2O/c1-22-19-9-17(21-12-15-10-20-11-16(15)13-21)7-8-18(19)14-5-3-2-4-6-14/h2-9,15-16,20H,10-13H2,1H3.